The average Bonchev–Trinajstić information content (AvgIpc) is 3.16. The molecule has 2 fully saturated rings. The molecular formula is C17H28N2O3. The largest absolute Gasteiger partial charge is 0.444 e. The quantitative estimate of drug-likeness (QED) is 0.797. The first kappa shape index (κ1) is 17.1. The molecule has 0 aromatic rings. The van der Waals surface area contributed by atoms with Crippen LogP contribution in [0.2, 0.25) is 0 Å². The molecule has 1 aliphatic carbocycles. The predicted molar refractivity (Wildman–Crippen MR) is 83.3 cm³/mol. The van der Waals surface area contributed by atoms with E-state index < -0.39 is 5.60 Å². The summed E-state index contributed by atoms with van der Waals surface area (Å²) in [6, 6.07) is 2.26. The number of nitrogens with zero attached hydrogens (tertiary/aromatic N) is 2. The van der Waals surface area contributed by atoms with E-state index in [1.807, 2.05) is 20.8 Å². The monoisotopic (exact) mass is 308 g/mol. The Morgan fingerprint density at radius 2 is 1.82 bits per heavy atom. The lowest BCUT2D eigenvalue weighted by Crippen LogP contribution is -2.48. The summed E-state index contributed by atoms with van der Waals surface area (Å²) in [7, 11) is 0. The average molecular weight is 308 g/mol. The van der Waals surface area contributed by atoms with Gasteiger partial charge in [0.1, 0.15) is 5.60 Å². The van der Waals surface area contributed by atoms with Crippen molar-refractivity contribution in [2.75, 3.05) is 19.7 Å². The second-order valence-corrected chi connectivity index (χ2v) is 8.04. The van der Waals surface area contributed by atoms with Gasteiger partial charge in [-0.25, -0.2) is 4.79 Å². The van der Waals surface area contributed by atoms with E-state index in [0.717, 1.165) is 25.7 Å². The van der Waals surface area contributed by atoms with E-state index in [-0.39, 0.29) is 17.1 Å². The van der Waals surface area contributed by atoms with Gasteiger partial charge in [-0.2, -0.15) is 5.26 Å². The van der Waals surface area contributed by atoms with Gasteiger partial charge in [0.2, 0.25) is 0 Å². The zero-order valence-electron chi connectivity index (χ0n) is 14.3. The summed E-state index contributed by atoms with van der Waals surface area (Å²) < 4.78 is 11.6. The molecule has 1 saturated heterocycles. The summed E-state index contributed by atoms with van der Waals surface area (Å²) >= 11 is 0. The van der Waals surface area contributed by atoms with Crippen LogP contribution < -0.4 is 0 Å². The number of hydrogen-bond acceptors (Lipinski definition) is 4. The van der Waals surface area contributed by atoms with Gasteiger partial charge in [-0.3, -0.25) is 0 Å². The van der Waals surface area contributed by atoms with Crippen LogP contribution in [0.1, 0.15) is 59.8 Å². The number of carbonyl (C=O) groups excluding carboxylic acids is 1. The molecular weight excluding hydrogens is 280 g/mol. The van der Waals surface area contributed by atoms with Gasteiger partial charge in [-0.05, 0) is 53.4 Å². The highest BCUT2D eigenvalue weighted by atomic mass is 16.6. The topological polar surface area (TPSA) is 62.6 Å². The summed E-state index contributed by atoms with van der Waals surface area (Å²) in [6.45, 7) is 9.75. The van der Waals surface area contributed by atoms with Gasteiger partial charge in [-0.15, -0.1) is 0 Å². The van der Waals surface area contributed by atoms with Gasteiger partial charge in [-0.1, -0.05) is 0 Å². The molecule has 0 N–H and O–H groups in total. The van der Waals surface area contributed by atoms with Crippen molar-refractivity contribution in [1.82, 2.24) is 4.90 Å². The maximum atomic E-state index is 12.1. The normalized spacial score (nSPS) is 22.8. The molecule has 22 heavy (non-hydrogen) atoms. The van der Waals surface area contributed by atoms with E-state index in [9.17, 15) is 4.79 Å². The molecule has 1 heterocycles. The number of carbonyl (C=O) groups is 1. The van der Waals surface area contributed by atoms with Crippen molar-refractivity contribution in [3.8, 4) is 6.07 Å². The Morgan fingerprint density at radius 1 is 1.23 bits per heavy atom. The zero-order valence-corrected chi connectivity index (χ0v) is 14.3. The third-order valence-electron chi connectivity index (χ3n) is 4.61. The zero-order chi connectivity index (χ0) is 16.4. The van der Waals surface area contributed by atoms with Crippen LogP contribution in [-0.2, 0) is 9.47 Å². The second kappa shape index (κ2) is 6.08. The van der Waals surface area contributed by atoms with Crippen molar-refractivity contribution >= 4 is 6.09 Å². The van der Waals surface area contributed by atoms with Gasteiger partial charge >= 0.3 is 6.09 Å². The summed E-state index contributed by atoms with van der Waals surface area (Å²) in [5.41, 5.74) is -0.534. The second-order valence-electron chi connectivity index (χ2n) is 8.04. The number of piperidine rings is 1. The molecule has 5 nitrogen and oxygen atoms in total. The predicted octanol–water partition coefficient (Wildman–Crippen LogP) is 3.49. The Morgan fingerprint density at radius 3 is 2.27 bits per heavy atom. The molecule has 0 radical (unpaired) electrons. The molecule has 5 heteroatoms. The van der Waals surface area contributed by atoms with Crippen molar-refractivity contribution < 1.29 is 14.3 Å². The van der Waals surface area contributed by atoms with Crippen molar-refractivity contribution in [1.29, 1.82) is 5.26 Å². The van der Waals surface area contributed by atoms with Crippen LogP contribution in [0.5, 0.6) is 0 Å². The van der Waals surface area contributed by atoms with Crippen LogP contribution in [0.25, 0.3) is 0 Å². The van der Waals surface area contributed by atoms with E-state index in [1.54, 1.807) is 4.90 Å². The van der Waals surface area contributed by atoms with Crippen molar-refractivity contribution in [3.63, 3.8) is 0 Å². The molecule has 0 aromatic heterocycles. The molecule has 0 atom stereocenters. The summed E-state index contributed by atoms with van der Waals surface area (Å²) in [6.07, 6.45) is 4.18. The maximum absolute atomic E-state index is 12.1. The van der Waals surface area contributed by atoms with Gasteiger partial charge in [0.25, 0.3) is 0 Å². The van der Waals surface area contributed by atoms with Gasteiger partial charge in [0.15, 0.2) is 0 Å². The van der Waals surface area contributed by atoms with Gasteiger partial charge in [0.05, 0.1) is 18.3 Å². The van der Waals surface area contributed by atoms with Crippen LogP contribution in [-0.4, -0.2) is 41.9 Å². The van der Waals surface area contributed by atoms with E-state index in [4.69, 9.17) is 14.7 Å². The molecule has 0 bridgehead atoms. The van der Waals surface area contributed by atoms with E-state index >= 15 is 0 Å². The Labute approximate surface area is 133 Å². The Hall–Kier alpha value is -1.28. The van der Waals surface area contributed by atoms with E-state index in [1.165, 1.54) is 0 Å². The molecule has 1 amide bonds. The minimum absolute atomic E-state index is 0.111. The molecule has 2 aliphatic rings. The Kier molecular flexibility index (Phi) is 4.72. The third-order valence-corrected chi connectivity index (χ3v) is 4.61. The number of hydrogen-bond donors (Lipinski definition) is 0. The fourth-order valence-corrected chi connectivity index (χ4v) is 2.68. The Bertz CT molecular complexity index is 450. The summed E-state index contributed by atoms with van der Waals surface area (Å²) in [5.74, 6) is 0. The SMILES string of the molecule is CC(C)(C)OC(=O)N1CCC(C)(OCC2(CC#N)CC2)CC1. The highest BCUT2D eigenvalue weighted by molar-refractivity contribution is 5.68. The van der Waals surface area contributed by atoms with Crippen LogP contribution >= 0.6 is 0 Å². The van der Waals surface area contributed by atoms with E-state index in [2.05, 4.69) is 13.0 Å². The number of amides is 1. The fourth-order valence-electron chi connectivity index (χ4n) is 2.68. The highest BCUT2D eigenvalue weighted by Gasteiger charge is 2.45. The van der Waals surface area contributed by atoms with Crippen molar-refractivity contribution in [2.45, 2.75) is 71.0 Å². The number of rotatable bonds is 4. The summed E-state index contributed by atoms with van der Waals surface area (Å²) in [4.78, 5) is 13.8. The lowest BCUT2D eigenvalue weighted by molar-refractivity contribution is -0.0870. The molecule has 1 saturated carbocycles. The molecule has 0 aromatic carbocycles. The number of nitriles is 1. The molecule has 2 rings (SSSR count). The minimum Gasteiger partial charge on any atom is -0.444 e. The summed E-state index contributed by atoms with van der Waals surface area (Å²) in [5, 5.41) is 8.87. The van der Waals surface area contributed by atoms with Gasteiger partial charge in [0, 0.05) is 24.9 Å². The maximum Gasteiger partial charge on any atom is 0.410 e. The smallest absolute Gasteiger partial charge is 0.410 e. The molecule has 0 unspecified atom stereocenters. The lowest BCUT2D eigenvalue weighted by Gasteiger charge is -2.40. The van der Waals surface area contributed by atoms with Crippen molar-refractivity contribution in [2.24, 2.45) is 5.41 Å². The first-order chi connectivity index (χ1) is 10.2. The minimum atomic E-state index is -0.454. The van der Waals surface area contributed by atoms with E-state index in [0.29, 0.717) is 26.1 Å². The first-order valence-electron chi connectivity index (χ1n) is 8.16. The molecule has 1 aliphatic heterocycles. The number of likely N-dealkylation sites (tertiary alicyclic amines) is 1. The first-order valence-corrected chi connectivity index (χ1v) is 8.16. The number of ether oxygens (including phenoxy) is 2. The standard InChI is InChI=1S/C17H28N2O3/c1-15(2,3)22-14(20)19-11-8-16(4,9-12-19)21-13-17(5-6-17)7-10-18/h5-9,11-13H2,1-4H3. The third kappa shape index (κ3) is 4.61. The lowest BCUT2D eigenvalue weighted by atomic mass is 9.93. The van der Waals surface area contributed by atoms with Gasteiger partial charge < -0.3 is 14.4 Å². The molecule has 0 spiro atoms. The van der Waals surface area contributed by atoms with Crippen LogP contribution in [0.3, 0.4) is 0 Å². The van der Waals surface area contributed by atoms with Crippen LogP contribution in [0, 0.1) is 16.7 Å². The highest BCUT2D eigenvalue weighted by Crippen LogP contribution is 2.49. The molecule has 124 valence electrons. The Balaban J connectivity index is 1.78. The fraction of sp³-hybridized carbons (Fsp3) is 0.882. The van der Waals surface area contributed by atoms with Crippen LogP contribution in [0.15, 0.2) is 0 Å². The van der Waals surface area contributed by atoms with Crippen molar-refractivity contribution in [3.05, 3.63) is 0 Å². The van der Waals surface area contributed by atoms with Crippen LogP contribution in [0.4, 0.5) is 4.79 Å².